The molecule has 1 aliphatic rings. The van der Waals surface area contributed by atoms with E-state index in [0.29, 0.717) is 5.56 Å². The maximum Gasteiger partial charge on any atom is 0.270 e. The number of nitro groups is 1. The third kappa shape index (κ3) is 5.73. The highest BCUT2D eigenvalue weighted by atomic mass is 16.6. The number of carbonyl (C=O) groups is 1. The lowest BCUT2D eigenvalue weighted by atomic mass is 10.1. The van der Waals surface area contributed by atoms with E-state index in [4.69, 9.17) is 4.74 Å². The Morgan fingerprint density at radius 2 is 1.93 bits per heavy atom. The summed E-state index contributed by atoms with van der Waals surface area (Å²) in [4.78, 5) is 24.3. The zero-order valence-electron chi connectivity index (χ0n) is 15.5. The van der Waals surface area contributed by atoms with Crippen LogP contribution in [0.3, 0.4) is 0 Å². The standard InChI is InChI=1S/C21H23N3O4/c25-21(10-9-17-5-4-8-19(15-17)24(26)27)22-20(18-6-2-1-3-7-18)16-23-11-13-28-14-12-23/h1-10,15,20H,11-14,16H2,(H,22,25)/p+1/b10-9+/t20-/m1/s1. The van der Waals surface area contributed by atoms with Crippen molar-refractivity contribution >= 4 is 17.7 Å². The van der Waals surface area contributed by atoms with Crippen molar-refractivity contribution in [2.75, 3.05) is 32.8 Å². The van der Waals surface area contributed by atoms with Crippen LogP contribution in [0.15, 0.2) is 60.7 Å². The van der Waals surface area contributed by atoms with Crippen molar-refractivity contribution < 1.29 is 19.4 Å². The summed E-state index contributed by atoms with van der Waals surface area (Å²) in [6.45, 7) is 4.09. The topological polar surface area (TPSA) is 85.9 Å². The Morgan fingerprint density at radius 3 is 2.64 bits per heavy atom. The number of hydrogen-bond acceptors (Lipinski definition) is 4. The molecule has 146 valence electrons. The number of nitrogens with zero attached hydrogens (tertiary/aromatic N) is 1. The number of rotatable bonds is 7. The Kier molecular flexibility index (Phi) is 6.89. The van der Waals surface area contributed by atoms with Crippen molar-refractivity contribution in [3.63, 3.8) is 0 Å². The van der Waals surface area contributed by atoms with Crippen LogP contribution in [-0.2, 0) is 9.53 Å². The summed E-state index contributed by atoms with van der Waals surface area (Å²) in [6, 6.07) is 16.0. The molecule has 1 atom stereocenters. The predicted molar refractivity (Wildman–Crippen MR) is 106 cm³/mol. The number of carbonyl (C=O) groups excluding carboxylic acids is 1. The predicted octanol–water partition coefficient (Wildman–Crippen LogP) is 1.38. The molecule has 1 saturated heterocycles. The Bertz CT molecular complexity index is 833. The van der Waals surface area contributed by atoms with Gasteiger partial charge in [-0.1, -0.05) is 42.5 Å². The summed E-state index contributed by atoms with van der Waals surface area (Å²) >= 11 is 0. The second-order valence-corrected chi connectivity index (χ2v) is 6.72. The number of benzene rings is 2. The molecule has 1 heterocycles. The molecule has 3 rings (SSSR count). The zero-order chi connectivity index (χ0) is 19.8. The zero-order valence-corrected chi connectivity index (χ0v) is 15.5. The summed E-state index contributed by atoms with van der Waals surface area (Å²) < 4.78 is 5.41. The summed E-state index contributed by atoms with van der Waals surface area (Å²) in [5.74, 6) is -0.229. The summed E-state index contributed by atoms with van der Waals surface area (Å²) in [6.07, 6.45) is 3.01. The van der Waals surface area contributed by atoms with E-state index in [1.807, 2.05) is 30.3 Å². The minimum Gasteiger partial charge on any atom is -0.370 e. The molecule has 1 fully saturated rings. The minimum atomic E-state index is -0.450. The molecule has 28 heavy (non-hydrogen) atoms. The number of amides is 1. The first-order chi connectivity index (χ1) is 13.6. The molecule has 0 unspecified atom stereocenters. The molecule has 0 radical (unpaired) electrons. The molecule has 2 N–H and O–H groups in total. The number of non-ortho nitro benzene ring substituents is 1. The first kappa shape index (κ1) is 19.7. The van der Waals surface area contributed by atoms with Gasteiger partial charge in [0.25, 0.3) is 5.69 Å². The first-order valence-corrected chi connectivity index (χ1v) is 9.31. The van der Waals surface area contributed by atoms with Crippen LogP contribution in [0.5, 0.6) is 0 Å². The number of morpholine rings is 1. The fraction of sp³-hybridized carbons (Fsp3) is 0.286. The Balaban J connectivity index is 1.68. The fourth-order valence-electron chi connectivity index (χ4n) is 3.22. The van der Waals surface area contributed by atoms with Crippen molar-refractivity contribution in [3.05, 3.63) is 81.9 Å². The van der Waals surface area contributed by atoms with E-state index in [0.717, 1.165) is 38.4 Å². The van der Waals surface area contributed by atoms with Crippen molar-refractivity contribution in [3.8, 4) is 0 Å². The van der Waals surface area contributed by atoms with Crippen molar-refractivity contribution in [1.29, 1.82) is 0 Å². The molecule has 0 aliphatic carbocycles. The second kappa shape index (κ2) is 9.77. The molecule has 0 spiro atoms. The number of quaternary nitrogens is 1. The Hall–Kier alpha value is -3.03. The second-order valence-electron chi connectivity index (χ2n) is 6.72. The van der Waals surface area contributed by atoms with Gasteiger partial charge in [-0.15, -0.1) is 0 Å². The molecule has 7 heteroatoms. The summed E-state index contributed by atoms with van der Waals surface area (Å²) in [5, 5.41) is 13.9. The number of ether oxygens (including phenoxy) is 1. The third-order valence-electron chi connectivity index (χ3n) is 4.72. The van der Waals surface area contributed by atoms with Crippen LogP contribution in [0.25, 0.3) is 6.08 Å². The lowest BCUT2D eigenvalue weighted by molar-refractivity contribution is -0.909. The Morgan fingerprint density at radius 1 is 1.18 bits per heavy atom. The van der Waals surface area contributed by atoms with Crippen LogP contribution >= 0.6 is 0 Å². The smallest absolute Gasteiger partial charge is 0.270 e. The maximum absolute atomic E-state index is 12.5. The lowest BCUT2D eigenvalue weighted by Crippen LogP contribution is -3.14. The van der Waals surface area contributed by atoms with Gasteiger partial charge in [-0.2, -0.15) is 0 Å². The summed E-state index contributed by atoms with van der Waals surface area (Å²) in [7, 11) is 0. The van der Waals surface area contributed by atoms with Gasteiger partial charge in [-0.3, -0.25) is 14.9 Å². The van der Waals surface area contributed by atoms with E-state index >= 15 is 0 Å². The van der Waals surface area contributed by atoms with Gasteiger partial charge < -0.3 is 15.0 Å². The van der Waals surface area contributed by atoms with E-state index in [2.05, 4.69) is 5.32 Å². The van der Waals surface area contributed by atoms with Gasteiger partial charge in [0, 0.05) is 18.2 Å². The Labute approximate surface area is 163 Å². The van der Waals surface area contributed by atoms with Crippen LogP contribution in [0.2, 0.25) is 0 Å². The van der Waals surface area contributed by atoms with E-state index in [9.17, 15) is 14.9 Å². The van der Waals surface area contributed by atoms with Gasteiger partial charge in [0.05, 0.1) is 18.1 Å². The molecule has 0 aromatic heterocycles. The quantitative estimate of drug-likeness (QED) is 0.430. The minimum absolute atomic E-state index is 0.000590. The highest BCUT2D eigenvalue weighted by molar-refractivity contribution is 5.92. The molecule has 2 aromatic carbocycles. The van der Waals surface area contributed by atoms with E-state index in [1.165, 1.54) is 23.1 Å². The lowest BCUT2D eigenvalue weighted by Gasteiger charge is -2.28. The van der Waals surface area contributed by atoms with Gasteiger partial charge in [-0.05, 0) is 17.2 Å². The van der Waals surface area contributed by atoms with Crippen molar-refractivity contribution in [2.24, 2.45) is 0 Å². The van der Waals surface area contributed by atoms with Gasteiger partial charge in [0.15, 0.2) is 0 Å². The molecule has 1 amide bonds. The van der Waals surface area contributed by atoms with Crippen LogP contribution in [0, 0.1) is 10.1 Å². The normalized spacial score (nSPS) is 16.0. The summed E-state index contributed by atoms with van der Waals surface area (Å²) in [5.41, 5.74) is 1.67. The molecule has 0 saturated carbocycles. The molecular formula is C21H24N3O4+. The SMILES string of the molecule is O=C(/C=C/c1cccc([N+](=O)[O-])c1)N[C@H](C[NH+]1CCOCC1)c1ccccc1. The molecule has 7 nitrogen and oxygen atoms in total. The number of hydrogen-bond donors (Lipinski definition) is 2. The van der Waals surface area contributed by atoms with Crippen molar-refractivity contribution in [2.45, 2.75) is 6.04 Å². The fourth-order valence-corrected chi connectivity index (χ4v) is 3.22. The molecule has 0 bridgehead atoms. The van der Waals surface area contributed by atoms with Gasteiger partial charge >= 0.3 is 0 Å². The largest absolute Gasteiger partial charge is 0.370 e. The highest BCUT2D eigenvalue weighted by Crippen LogP contribution is 2.15. The molecule has 2 aromatic rings. The van der Waals surface area contributed by atoms with E-state index in [1.54, 1.807) is 18.2 Å². The average molecular weight is 382 g/mol. The highest BCUT2D eigenvalue weighted by Gasteiger charge is 2.22. The molecular weight excluding hydrogens is 358 g/mol. The number of nitrogens with one attached hydrogen (secondary N) is 2. The van der Waals surface area contributed by atoms with Gasteiger partial charge in [-0.25, -0.2) is 0 Å². The van der Waals surface area contributed by atoms with Gasteiger partial charge in [0.2, 0.25) is 5.91 Å². The van der Waals surface area contributed by atoms with Crippen LogP contribution < -0.4 is 10.2 Å². The molecule has 1 aliphatic heterocycles. The van der Waals surface area contributed by atoms with Crippen molar-refractivity contribution in [1.82, 2.24) is 5.32 Å². The first-order valence-electron chi connectivity index (χ1n) is 9.31. The number of nitro benzene ring substituents is 1. The van der Waals surface area contributed by atoms with Gasteiger partial charge in [0.1, 0.15) is 25.7 Å². The average Bonchev–Trinajstić information content (AvgIpc) is 2.73. The monoisotopic (exact) mass is 382 g/mol. The maximum atomic E-state index is 12.5. The van der Waals surface area contributed by atoms with Crippen LogP contribution in [0.4, 0.5) is 5.69 Å². The van der Waals surface area contributed by atoms with Crippen LogP contribution in [0.1, 0.15) is 17.2 Å². The van der Waals surface area contributed by atoms with Crippen LogP contribution in [-0.4, -0.2) is 43.7 Å². The third-order valence-corrected chi connectivity index (χ3v) is 4.72. The van der Waals surface area contributed by atoms with E-state index < -0.39 is 4.92 Å². The van der Waals surface area contributed by atoms with E-state index in [-0.39, 0.29) is 17.6 Å².